The van der Waals surface area contributed by atoms with Gasteiger partial charge < -0.3 is 11.1 Å². The molecule has 2 rings (SSSR count). The Bertz CT molecular complexity index is 472. The first-order valence-electron chi connectivity index (χ1n) is 6.99. The predicted molar refractivity (Wildman–Crippen MR) is 84.3 cm³/mol. The Morgan fingerprint density at radius 1 is 1.45 bits per heavy atom. The molecule has 1 saturated carbocycles. The maximum Gasteiger partial charge on any atom is 0.188 e. The monoisotopic (exact) mass is 295 g/mol. The van der Waals surface area contributed by atoms with Crippen LogP contribution in [0.3, 0.4) is 0 Å². The van der Waals surface area contributed by atoms with Crippen LogP contribution in [0.2, 0.25) is 0 Å². The van der Waals surface area contributed by atoms with Crippen molar-refractivity contribution in [1.82, 2.24) is 5.32 Å². The molecule has 1 aromatic rings. The molecule has 20 heavy (non-hydrogen) atoms. The highest BCUT2D eigenvalue weighted by atomic mass is 32.2. The summed E-state index contributed by atoms with van der Waals surface area (Å²) in [6, 6.07) is 4.86. The first-order chi connectivity index (χ1) is 9.69. The number of hydrogen-bond donors (Lipinski definition) is 2. The summed E-state index contributed by atoms with van der Waals surface area (Å²) in [5.41, 5.74) is 7.89. The topological polar surface area (TPSA) is 50.4 Å². The zero-order chi connectivity index (χ0) is 14.4. The van der Waals surface area contributed by atoms with Gasteiger partial charge in [-0.1, -0.05) is 12.5 Å². The van der Waals surface area contributed by atoms with Gasteiger partial charge in [-0.2, -0.15) is 11.8 Å². The molecule has 0 atom stereocenters. The molecule has 0 heterocycles. The molecule has 1 aromatic carbocycles. The van der Waals surface area contributed by atoms with Crippen molar-refractivity contribution in [1.29, 1.82) is 0 Å². The first-order valence-corrected chi connectivity index (χ1v) is 8.38. The van der Waals surface area contributed by atoms with Crippen LogP contribution in [-0.2, 0) is 12.3 Å². The van der Waals surface area contributed by atoms with E-state index in [0.717, 1.165) is 29.3 Å². The van der Waals surface area contributed by atoms with E-state index in [1.807, 2.05) is 6.26 Å². The van der Waals surface area contributed by atoms with Crippen molar-refractivity contribution >= 4 is 17.7 Å². The summed E-state index contributed by atoms with van der Waals surface area (Å²) in [5, 5.41) is 3.17. The van der Waals surface area contributed by atoms with Crippen LogP contribution in [0.4, 0.5) is 4.39 Å². The van der Waals surface area contributed by atoms with E-state index in [2.05, 4.69) is 10.3 Å². The lowest BCUT2D eigenvalue weighted by Crippen LogP contribution is -2.37. The molecular weight excluding hydrogens is 273 g/mol. The third-order valence-corrected chi connectivity index (χ3v) is 4.28. The van der Waals surface area contributed by atoms with Crippen LogP contribution in [0.1, 0.15) is 30.4 Å². The molecule has 1 fully saturated rings. The quantitative estimate of drug-likeness (QED) is 0.627. The first kappa shape index (κ1) is 15.2. The summed E-state index contributed by atoms with van der Waals surface area (Å²) >= 11 is 1.67. The third-order valence-electron chi connectivity index (χ3n) is 3.68. The normalized spacial score (nSPS) is 16.0. The summed E-state index contributed by atoms with van der Waals surface area (Å²) in [7, 11) is 0. The SMILES string of the molecule is CSCc1cc(F)ccc1CN=C(N)NCC1CCC1. The second-order valence-corrected chi connectivity index (χ2v) is 6.09. The van der Waals surface area contributed by atoms with E-state index in [0.29, 0.717) is 12.5 Å². The number of benzene rings is 1. The van der Waals surface area contributed by atoms with Gasteiger partial charge in [0.15, 0.2) is 5.96 Å². The van der Waals surface area contributed by atoms with E-state index in [4.69, 9.17) is 5.73 Å². The van der Waals surface area contributed by atoms with Crippen molar-refractivity contribution in [2.45, 2.75) is 31.6 Å². The molecule has 5 heteroatoms. The summed E-state index contributed by atoms with van der Waals surface area (Å²) in [5.74, 6) is 1.83. The maximum atomic E-state index is 13.2. The van der Waals surface area contributed by atoms with E-state index in [1.54, 1.807) is 23.9 Å². The van der Waals surface area contributed by atoms with Crippen molar-refractivity contribution in [2.24, 2.45) is 16.6 Å². The second kappa shape index (κ2) is 7.53. The predicted octanol–water partition coefficient (Wildman–Crippen LogP) is 2.89. The number of nitrogens with two attached hydrogens (primary N) is 1. The summed E-state index contributed by atoms with van der Waals surface area (Å²) < 4.78 is 13.2. The highest BCUT2D eigenvalue weighted by molar-refractivity contribution is 7.97. The lowest BCUT2D eigenvalue weighted by Gasteiger charge is -2.25. The Labute approximate surface area is 124 Å². The molecule has 0 spiro atoms. The Kier molecular flexibility index (Phi) is 5.71. The fraction of sp³-hybridized carbons (Fsp3) is 0.533. The van der Waals surface area contributed by atoms with Gasteiger partial charge in [0.05, 0.1) is 6.54 Å². The summed E-state index contributed by atoms with van der Waals surface area (Å²) in [6.07, 6.45) is 5.91. The average Bonchev–Trinajstić information content (AvgIpc) is 2.36. The number of rotatable bonds is 6. The van der Waals surface area contributed by atoms with Gasteiger partial charge in [-0.3, -0.25) is 0 Å². The van der Waals surface area contributed by atoms with Crippen LogP contribution in [0.15, 0.2) is 23.2 Å². The van der Waals surface area contributed by atoms with Gasteiger partial charge in [0.25, 0.3) is 0 Å². The standard InChI is InChI=1S/C15H22FN3S/c1-20-10-13-7-14(16)6-5-12(13)9-19-15(17)18-8-11-3-2-4-11/h5-7,11H,2-4,8-10H2,1H3,(H3,17,18,19). The zero-order valence-corrected chi connectivity index (χ0v) is 12.7. The Balaban J connectivity index is 1.90. The smallest absolute Gasteiger partial charge is 0.188 e. The number of hydrogen-bond acceptors (Lipinski definition) is 2. The summed E-state index contributed by atoms with van der Waals surface area (Å²) in [6.45, 7) is 1.41. The fourth-order valence-electron chi connectivity index (χ4n) is 2.21. The van der Waals surface area contributed by atoms with Crippen LogP contribution < -0.4 is 11.1 Å². The van der Waals surface area contributed by atoms with Gasteiger partial charge in [-0.25, -0.2) is 9.38 Å². The fourth-order valence-corrected chi connectivity index (χ4v) is 2.79. The van der Waals surface area contributed by atoms with E-state index < -0.39 is 0 Å². The van der Waals surface area contributed by atoms with Crippen molar-refractivity contribution in [2.75, 3.05) is 12.8 Å². The van der Waals surface area contributed by atoms with Gasteiger partial charge >= 0.3 is 0 Å². The van der Waals surface area contributed by atoms with Crippen molar-refractivity contribution in [3.63, 3.8) is 0 Å². The lowest BCUT2D eigenvalue weighted by atomic mass is 9.85. The van der Waals surface area contributed by atoms with E-state index in [-0.39, 0.29) is 5.82 Å². The summed E-state index contributed by atoms with van der Waals surface area (Å²) in [4.78, 5) is 4.35. The largest absolute Gasteiger partial charge is 0.370 e. The zero-order valence-electron chi connectivity index (χ0n) is 11.9. The molecule has 0 aromatic heterocycles. The van der Waals surface area contributed by atoms with E-state index in [1.165, 1.54) is 25.3 Å². The number of guanidine groups is 1. The molecule has 0 amide bonds. The minimum absolute atomic E-state index is 0.196. The number of thioether (sulfide) groups is 1. The molecule has 110 valence electrons. The van der Waals surface area contributed by atoms with Crippen LogP contribution >= 0.6 is 11.8 Å². The maximum absolute atomic E-state index is 13.2. The molecule has 0 unspecified atom stereocenters. The van der Waals surface area contributed by atoms with Gasteiger partial charge in [0.2, 0.25) is 0 Å². The average molecular weight is 295 g/mol. The number of nitrogens with one attached hydrogen (secondary N) is 1. The van der Waals surface area contributed by atoms with E-state index in [9.17, 15) is 4.39 Å². The molecule has 0 bridgehead atoms. The van der Waals surface area contributed by atoms with Crippen LogP contribution in [0, 0.1) is 11.7 Å². The highest BCUT2D eigenvalue weighted by Crippen LogP contribution is 2.25. The van der Waals surface area contributed by atoms with Gasteiger partial charge in [-0.05, 0) is 48.3 Å². The Morgan fingerprint density at radius 3 is 2.90 bits per heavy atom. The molecule has 3 nitrogen and oxygen atoms in total. The van der Waals surface area contributed by atoms with Crippen molar-refractivity contribution in [3.05, 3.63) is 35.1 Å². The molecule has 0 aliphatic heterocycles. The highest BCUT2D eigenvalue weighted by Gasteiger charge is 2.16. The van der Waals surface area contributed by atoms with E-state index >= 15 is 0 Å². The van der Waals surface area contributed by atoms with Crippen LogP contribution in [0.25, 0.3) is 0 Å². The Hall–Kier alpha value is -1.23. The Morgan fingerprint density at radius 2 is 2.25 bits per heavy atom. The second-order valence-electron chi connectivity index (χ2n) is 5.23. The molecule has 0 saturated heterocycles. The van der Waals surface area contributed by atoms with Crippen LogP contribution in [0.5, 0.6) is 0 Å². The third kappa shape index (κ3) is 4.40. The number of aliphatic imine (C=N–C) groups is 1. The number of halogens is 1. The van der Waals surface area contributed by atoms with Crippen molar-refractivity contribution < 1.29 is 4.39 Å². The molecule has 1 aliphatic carbocycles. The molecule has 1 aliphatic rings. The number of nitrogens with zero attached hydrogens (tertiary/aromatic N) is 1. The van der Waals surface area contributed by atoms with Gasteiger partial charge in [-0.15, -0.1) is 0 Å². The lowest BCUT2D eigenvalue weighted by molar-refractivity contribution is 0.315. The molecule has 3 N–H and O–H groups in total. The molecule has 0 radical (unpaired) electrons. The van der Waals surface area contributed by atoms with Crippen LogP contribution in [-0.4, -0.2) is 18.8 Å². The van der Waals surface area contributed by atoms with Gasteiger partial charge in [0.1, 0.15) is 5.82 Å². The minimum atomic E-state index is -0.196. The van der Waals surface area contributed by atoms with Crippen molar-refractivity contribution in [3.8, 4) is 0 Å². The minimum Gasteiger partial charge on any atom is -0.370 e. The van der Waals surface area contributed by atoms with Gasteiger partial charge in [0, 0.05) is 12.3 Å². The molecular formula is C15H22FN3S.